The molecule has 5 rings (SSSR count). The summed E-state index contributed by atoms with van der Waals surface area (Å²) in [5.74, 6) is -1.76. The first-order valence-electron chi connectivity index (χ1n) is 11.9. The van der Waals surface area contributed by atoms with Gasteiger partial charge in [0.1, 0.15) is 23.5 Å². The van der Waals surface area contributed by atoms with Gasteiger partial charge in [-0.2, -0.15) is 0 Å². The van der Waals surface area contributed by atoms with Gasteiger partial charge >= 0.3 is 0 Å². The van der Waals surface area contributed by atoms with Crippen molar-refractivity contribution in [3.8, 4) is 16.9 Å². The van der Waals surface area contributed by atoms with E-state index in [2.05, 4.69) is 10.3 Å². The topological polar surface area (TPSA) is 80.0 Å². The number of aliphatic hydroxyl groups excluding tert-OH is 1. The molecule has 192 valence electrons. The Morgan fingerprint density at radius 2 is 1.71 bits per heavy atom. The second kappa shape index (κ2) is 10.8. The maximum absolute atomic E-state index is 14.8. The zero-order valence-electron chi connectivity index (χ0n) is 20.7. The minimum atomic E-state index is -0.951. The van der Waals surface area contributed by atoms with E-state index in [-0.39, 0.29) is 5.65 Å². The highest BCUT2D eigenvalue weighted by atomic mass is 32.2. The van der Waals surface area contributed by atoms with Crippen LogP contribution in [0.25, 0.3) is 28.0 Å². The van der Waals surface area contributed by atoms with Crippen molar-refractivity contribution in [3.05, 3.63) is 118 Å². The molecule has 1 unspecified atom stereocenters. The molecule has 6 nitrogen and oxygen atoms in total. The predicted molar refractivity (Wildman–Crippen MR) is 145 cm³/mol. The second-order valence-electron chi connectivity index (χ2n) is 8.72. The van der Waals surface area contributed by atoms with Crippen LogP contribution in [0.5, 0.6) is 0 Å². The molecule has 2 aromatic heterocycles. The van der Waals surface area contributed by atoms with Gasteiger partial charge in [0.05, 0.1) is 5.69 Å². The zero-order valence-corrected chi connectivity index (χ0v) is 21.5. The number of aromatic nitrogens is 3. The standard InChI is InChI=1S/C29H24F2N4O2S/c1-17-11-12-19(28(37)32-16-18-7-4-3-5-8-18)15-21(17)25-20-13-14-24(36)35(27(20)34-29(33-25)38-2)26-22(30)9-6-10-23(26)31/h3-15,28,32,37H,16H2,1-2H3. The van der Waals surface area contributed by atoms with Gasteiger partial charge in [-0.15, -0.1) is 0 Å². The first kappa shape index (κ1) is 25.7. The minimum absolute atomic E-state index is 0.0865. The Labute approximate surface area is 222 Å². The van der Waals surface area contributed by atoms with Crippen molar-refractivity contribution in [2.45, 2.75) is 24.9 Å². The quantitative estimate of drug-likeness (QED) is 0.164. The number of fused-ring (bicyclic) bond motifs is 1. The van der Waals surface area contributed by atoms with Gasteiger partial charge in [0.15, 0.2) is 10.8 Å². The molecule has 2 N–H and O–H groups in total. The molecule has 2 heterocycles. The molecule has 0 bridgehead atoms. The Kier molecular flexibility index (Phi) is 7.33. The molecule has 0 aliphatic heterocycles. The van der Waals surface area contributed by atoms with E-state index >= 15 is 0 Å². The largest absolute Gasteiger partial charge is 0.374 e. The molecule has 9 heteroatoms. The number of nitrogens with one attached hydrogen (secondary N) is 1. The van der Waals surface area contributed by atoms with Gasteiger partial charge < -0.3 is 5.11 Å². The molecular weight excluding hydrogens is 506 g/mol. The summed E-state index contributed by atoms with van der Waals surface area (Å²) < 4.78 is 30.5. The van der Waals surface area contributed by atoms with Crippen molar-refractivity contribution in [3.63, 3.8) is 0 Å². The van der Waals surface area contributed by atoms with Crippen molar-refractivity contribution >= 4 is 22.8 Å². The van der Waals surface area contributed by atoms with Crippen molar-refractivity contribution < 1.29 is 13.9 Å². The summed E-state index contributed by atoms with van der Waals surface area (Å²) in [5, 5.41) is 14.8. The average molecular weight is 531 g/mol. The second-order valence-corrected chi connectivity index (χ2v) is 9.49. The van der Waals surface area contributed by atoms with Crippen molar-refractivity contribution in [2.24, 2.45) is 0 Å². The van der Waals surface area contributed by atoms with Crippen LogP contribution in [0.3, 0.4) is 0 Å². The molecule has 0 aliphatic carbocycles. The summed E-state index contributed by atoms with van der Waals surface area (Å²) in [5.41, 5.74) is 2.67. The van der Waals surface area contributed by atoms with Crippen LogP contribution >= 0.6 is 11.8 Å². The number of pyridine rings is 1. The van der Waals surface area contributed by atoms with Gasteiger partial charge in [-0.3, -0.25) is 14.7 Å². The fourth-order valence-corrected chi connectivity index (χ4v) is 4.66. The summed E-state index contributed by atoms with van der Waals surface area (Å²) >= 11 is 1.25. The third-order valence-corrected chi connectivity index (χ3v) is 6.80. The number of rotatable bonds is 7. The van der Waals surface area contributed by atoms with E-state index in [1.54, 1.807) is 12.3 Å². The van der Waals surface area contributed by atoms with Crippen molar-refractivity contribution in [1.82, 2.24) is 19.9 Å². The summed E-state index contributed by atoms with van der Waals surface area (Å²) in [7, 11) is 0. The highest BCUT2D eigenvalue weighted by Crippen LogP contribution is 2.33. The third-order valence-electron chi connectivity index (χ3n) is 6.25. The maximum Gasteiger partial charge on any atom is 0.256 e. The third kappa shape index (κ3) is 4.96. The Balaban J connectivity index is 1.65. The van der Waals surface area contributed by atoms with E-state index in [9.17, 15) is 18.7 Å². The van der Waals surface area contributed by atoms with Crippen LogP contribution in [0.4, 0.5) is 8.78 Å². The van der Waals surface area contributed by atoms with E-state index in [1.165, 1.54) is 23.9 Å². The molecule has 3 aromatic carbocycles. The number of hydrogen-bond donors (Lipinski definition) is 2. The van der Waals surface area contributed by atoms with Gasteiger partial charge in [-0.05, 0) is 54.1 Å². The van der Waals surface area contributed by atoms with Crippen LogP contribution in [-0.2, 0) is 6.54 Å². The molecule has 38 heavy (non-hydrogen) atoms. The first-order chi connectivity index (χ1) is 18.4. The van der Waals surface area contributed by atoms with Gasteiger partial charge in [-0.1, -0.05) is 60.3 Å². The van der Waals surface area contributed by atoms with E-state index in [1.807, 2.05) is 55.5 Å². The van der Waals surface area contributed by atoms with Crippen LogP contribution in [-0.4, -0.2) is 25.9 Å². The normalized spacial score (nSPS) is 12.1. The number of nitrogens with zero attached hydrogens (tertiary/aromatic N) is 3. The number of hydrogen-bond acceptors (Lipinski definition) is 6. The highest BCUT2D eigenvalue weighted by molar-refractivity contribution is 7.98. The van der Waals surface area contributed by atoms with Crippen molar-refractivity contribution in [2.75, 3.05) is 6.26 Å². The van der Waals surface area contributed by atoms with Crippen LogP contribution in [0.15, 0.2) is 88.8 Å². The van der Waals surface area contributed by atoms with E-state index in [0.717, 1.165) is 27.8 Å². The minimum Gasteiger partial charge on any atom is -0.374 e. The van der Waals surface area contributed by atoms with Crippen LogP contribution in [0.1, 0.15) is 22.9 Å². The lowest BCUT2D eigenvalue weighted by Gasteiger charge is -2.18. The number of benzene rings is 3. The summed E-state index contributed by atoms with van der Waals surface area (Å²) in [4.78, 5) is 22.1. The lowest BCUT2D eigenvalue weighted by Crippen LogP contribution is -2.21. The molecule has 5 aromatic rings. The monoisotopic (exact) mass is 530 g/mol. The predicted octanol–water partition coefficient (Wildman–Crippen LogP) is 5.54. The number of halogens is 2. The lowest BCUT2D eigenvalue weighted by atomic mass is 9.99. The number of thioether (sulfide) groups is 1. The Hall–Kier alpha value is -3.92. The van der Waals surface area contributed by atoms with Crippen LogP contribution < -0.4 is 10.9 Å². The Morgan fingerprint density at radius 3 is 2.42 bits per heavy atom. The molecule has 0 fully saturated rings. The van der Waals surface area contributed by atoms with Gasteiger partial charge in [-0.25, -0.2) is 18.7 Å². The molecule has 0 radical (unpaired) electrons. The highest BCUT2D eigenvalue weighted by Gasteiger charge is 2.21. The molecule has 0 saturated heterocycles. The molecule has 0 spiro atoms. The first-order valence-corrected chi connectivity index (χ1v) is 13.1. The zero-order chi connectivity index (χ0) is 26.8. The maximum atomic E-state index is 14.8. The lowest BCUT2D eigenvalue weighted by molar-refractivity contribution is 0.137. The number of aryl methyl sites for hydroxylation is 1. The van der Waals surface area contributed by atoms with Gasteiger partial charge in [0, 0.05) is 23.6 Å². The van der Waals surface area contributed by atoms with Gasteiger partial charge in [0.2, 0.25) is 0 Å². The summed E-state index contributed by atoms with van der Waals surface area (Å²) in [6, 6.07) is 21.5. The Morgan fingerprint density at radius 1 is 0.974 bits per heavy atom. The fourth-order valence-electron chi connectivity index (χ4n) is 4.30. The van der Waals surface area contributed by atoms with Crippen LogP contribution in [0, 0.1) is 18.6 Å². The SMILES string of the molecule is CSc1nc(-c2cc(C(O)NCc3ccccc3)ccc2C)c2ccc(=O)n(-c3c(F)cccc3F)c2n1. The number of aliphatic hydroxyl groups is 1. The molecule has 1 atom stereocenters. The average Bonchev–Trinajstić information content (AvgIpc) is 2.93. The smallest absolute Gasteiger partial charge is 0.256 e. The number of para-hydroxylation sites is 1. The van der Waals surface area contributed by atoms with Gasteiger partial charge in [0.25, 0.3) is 5.56 Å². The van der Waals surface area contributed by atoms with Crippen molar-refractivity contribution in [1.29, 1.82) is 0 Å². The molecule has 0 amide bonds. The molecular formula is C29H24F2N4O2S. The summed E-state index contributed by atoms with van der Waals surface area (Å²) in [6.07, 6.45) is 0.828. The van der Waals surface area contributed by atoms with E-state index in [0.29, 0.717) is 33.9 Å². The van der Waals surface area contributed by atoms with E-state index in [4.69, 9.17) is 4.98 Å². The fraction of sp³-hybridized carbons (Fsp3) is 0.138. The van der Waals surface area contributed by atoms with E-state index < -0.39 is 29.1 Å². The molecule has 0 saturated carbocycles. The van der Waals surface area contributed by atoms with Crippen LogP contribution in [0.2, 0.25) is 0 Å². The Bertz CT molecular complexity index is 1670. The molecule has 0 aliphatic rings. The summed E-state index contributed by atoms with van der Waals surface area (Å²) in [6.45, 7) is 2.38.